The Labute approximate surface area is 154 Å². The van der Waals surface area contributed by atoms with Crippen LogP contribution in [-0.4, -0.2) is 11.7 Å². The Balaban J connectivity index is 1.68. The van der Waals surface area contributed by atoms with Gasteiger partial charge < -0.3 is 11.1 Å². The first-order valence-corrected chi connectivity index (χ1v) is 9.39. The van der Waals surface area contributed by atoms with Crippen molar-refractivity contribution in [1.82, 2.24) is 0 Å². The minimum atomic E-state index is -0.139. The van der Waals surface area contributed by atoms with Crippen LogP contribution in [0.25, 0.3) is 11.1 Å². The van der Waals surface area contributed by atoms with Crippen LogP contribution in [0.1, 0.15) is 5.56 Å². The van der Waals surface area contributed by atoms with Crippen LogP contribution in [0.2, 0.25) is 0 Å². The smallest absolute Gasteiger partial charge is 0.235 e. The molecule has 0 spiro atoms. The Hall–Kier alpha value is -2.75. The molecule has 0 saturated heterocycles. The standard InChI is InChI=1S/C19H15N3OS2/c20-10-16-17(13-4-2-1-3-5-13)11-25-19(16)22-18(23)12-24-15-8-6-14(21)7-9-15/h1-9,11H,12,21H2,(H,22,23). The monoisotopic (exact) mass is 365 g/mol. The number of nitrogens with one attached hydrogen (secondary N) is 1. The Morgan fingerprint density at radius 3 is 2.56 bits per heavy atom. The SMILES string of the molecule is N#Cc1c(-c2ccccc2)csc1NC(=O)CSc1ccc(N)cc1. The number of carbonyl (C=O) groups excluding carboxylic acids is 1. The van der Waals surface area contributed by atoms with E-state index in [1.807, 2.05) is 47.8 Å². The average molecular weight is 365 g/mol. The van der Waals surface area contributed by atoms with Crippen molar-refractivity contribution >= 4 is 39.7 Å². The lowest BCUT2D eigenvalue weighted by Crippen LogP contribution is -2.13. The zero-order chi connectivity index (χ0) is 17.6. The molecule has 3 N–H and O–H groups in total. The van der Waals surface area contributed by atoms with Crippen molar-refractivity contribution in [3.8, 4) is 17.2 Å². The Bertz CT molecular complexity index is 912. The quantitative estimate of drug-likeness (QED) is 0.511. The molecular weight excluding hydrogens is 350 g/mol. The predicted molar refractivity (Wildman–Crippen MR) is 105 cm³/mol. The van der Waals surface area contributed by atoms with Gasteiger partial charge in [0.25, 0.3) is 0 Å². The molecule has 25 heavy (non-hydrogen) atoms. The van der Waals surface area contributed by atoms with Crippen LogP contribution in [0.5, 0.6) is 0 Å². The summed E-state index contributed by atoms with van der Waals surface area (Å²) in [6.45, 7) is 0. The van der Waals surface area contributed by atoms with Crippen molar-refractivity contribution in [3.63, 3.8) is 0 Å². The molecule has 0 aliphatic carbocycles. The van der Waals surface area contributed by atoms with Crippen molar-refractivity contribution in [1.29, 1.82) is 5.26 Å². The number of thioether (sulfide) groups is 1. The van der Waals surface area contributed by atoms with Gasteiger partial charge in [-0.25, -0.2) is 0 Å². The summed E-state index contributed by atoms with van der Waals surface area (Å²) in [5.41, 5.74) is 8.65. The van der Waals surface area contributed by atoms with Crippen LogP contribution in [0.3, 0.4) is 0 Å². The van der Waals surface area contributed by atoms with Gasteiger partial charge in [0.15, 0.2) is 0 Å². The molecule has 0 fully saturated rings. The summed E-state index contributed by atoms with van der Waals surface area (Å²) in [7, 11) is 0. The zero-order valence-electron chi connectivity index (χ0n) is 13.2. The summed E-state index contributed by atoms with van der Waals surface area (Å²) >= 11 is 2.79. The first-order valence-electron chi connectivity index (χ1n) is 7.52. The van der Waals surface area contributed by atoms with Gasteiger partial charge >= 0.3 is 0 Å². The number of hydrogen-bond acceptors (Lipinski definition) is 5. The average Bonchev–Trinajstić information content (AvgIpc) is 3.04. The lowest BCUT2D eigenvalue weighted by molar-refractivity contribution is -0.113. The van der Waals surface area contributed by atoms with Crippen LogP contribution < -0.4 is 11.1 Å². The molecular formula is C19H15N3OS2. The number of nitrogen functional groups attached to an aromatic ring is 1. The second-order valence-electron chi connectivity index (χ2n) is 5.24. The number of nitrogens with zero attached hydrogens (tertiary/aromatic N) is 1. The van der Waals surface area contributed by atoms with Gasteiger partial charge in [-0.1, -0.05) is 30.3 Å². The van der Waals surface area contributed by atoms with E-state index in [2.05, 4.69) is 11.4 Å². The zero-order valence-corrected chi connectivity index (χ0v) is 14.9. The number of amides is 1. The van der Waals surface area contributed by atoms with Gasteiger partial charge in [0, 0.05) is 21.5 Å². The number of nitrogens with two attached hydrogens (primary N) is 1. The second-order valence-corrected chi connectivity index (χ2v) is 7.17. The highest BCUT2D eigenvalue weighted by Gasteiger charge is 2.15. The van der Waals surface area contributed by atoms with Crippen molar-refractivity contribution < 1.29 is 4.79 Å². The van der Waals surface area contributed by atoms with Crippen molar-refractivity contribution in [2.24, 2.45) is 0 Å². The number of hydrogen-bond donors (Lipinski definition) is 2. The minimum Gasteiger partial charge on any atom is -0.399 e. The highest BCUT2D eigenvalue weighted by Crippen LogP contribution is 2.35. The van der Waals surface area contributed by atoms with Crippen LogP contribution >= 0.6 is 23.1 Å². The third-order valence-electron chi connectivity index (χ3n) is 3.49. The van der Waals surface area contributed by atoms with Gasteiger partial charge in [0.1, 0.15) is 11.1 Å². The van der Waals surface area contributed by atoms with Crippen molar-refractivity contribution in [2.75, 3.05) is 16.8 Å². The summed E-state index contributed by atoms with van der Waals surface area (Å²) < 4.78 is 0. The first-order chi connectivity index (χ1) is 12.2. The topological polar surface area (TPSA) is 78.9 Å². The summed E-state index contributed by atoms with van der Waals surface area (Å²) in [5, 5.41) is 14.8. The van der Waals surface area contributed by atoms with Gasteiger partial charge in [0.05, 0.1) is 11.3 Å². The number of benzene rings is 2. The van der Waals surface area contributed by atoms with Crippen LogP contribution in [0, 0.1) is 11.3 Å². The number of carbonyl (C=O) groups is 1. The van der Waals surface area contributed by atoms with Crippen LogP contribution in [0.4, 0.5) is 10.7 Å². The molecule has 6 heteroatoms. The summed E-state index contributed by atoms with van der Waals surface area (Å²) in [6.07, 6.45) is 0. The third kappa shape index (κ3) is 4.21. The van der Waals surface area contributed by atoms with Crippen molar-refractivity contribution in [3.05, 3.63) is 65.5 Å². The largest absolute Gasteiger partial charge is 0.399 e. The van der Waals surface area contributed by atoms with E-state index in [1.54, 1.807) is 12.1 Å². The molecule has 3 aromatic rings. The number of nitriles is 1. The van der Waals surface area contributed by atoms with E-state index >= 15 is 0 Å². The molecule has 2 aromatic carbocycles. The predicted octanol–water partition coefficient (Wildman–Crippen LogP) is 4.60. The van der Waals surface area contributed by atoms with Crippen LogP contribution in [-0.2, 0) is 4.79 Å². The normalized spacial score (nSPS) is 10.2. The number of thiophene rings is 1. The molecule has 124 valence electrons. The lowest BCUT2D eigenvalue weighted by atomic mass is 10.1. The number of anilines is 2. The fourth-order valence-electron chi connectivity index (χ4n) is 2.27. The van der Waals surface area contributed by atoms with Gasteiger partial charge in [-0.2, -0.15) is 5.26 Å². The highest BCUT2D eigenvalue weighted by atomic mass is 32.2. The van der Waals surface area contributed by atoms with E-state index < -0.39 is 0 Å². The lowest BCUT2D eigenvalue weighted by Gasteiger charge is -2.05. The molecule has 0 aliphatic heterocycles. The molecule has 3 rings (SSSR count). The van der Waals surface area contributed by atoms with E-state index in [4.69, 9.17) is 5.73 Å². The molecule has 0 radical (unpaired) electrons. The fraction of sp³-hybridized carbons (Fsp3) is 0.0526. The maximum atomic E-state index is 12.2. The molecule has 1 aromatic heterocycles. The molecule has 0 atom stereocenters. The Kier molecular flexibility index (Phi) is 5.39. The third-order valence-corrected chi connectivity index (χ3v) is 5.40. The molecule has 0 aliphatic rings. The van der Waals surface area contributed by atoms with E-state index in [1.165, 1.54) is 23.1 Å². The molecule has 4 nitrogen and oxygen atoms in total. The molecule has 0 saturated carbocycles. The maximum Gasteiger partial charge on any atom is 0.235 e. The molecule has 1 amide bonds. The van der Waals surface area contributed by atoms with Crippen LogP contribution in [0.15, 0.2) is 64.9 Å². The Morgan fingerprint density at radius 1 is 1.16 bits per heavy atom. The van der Waals surface area contributed by atoms with E-state index in [-0.39, 0.29) is 11.7 Å². The van der Waals surface area contributed by atoms with Gasteiger partial charge in [-0.3, -0.25) is 4.79 Å². The molecule has 1 heterocycles. The molecule has 0 bridgehead atoms. The molecule has 0 unspecified atom stereocenters. The fourth-order valence-corrected chi connectivity index (χ4v) is 3.90. The van der Waals surface area contributed by atoms with Gasteiger partial charge in [0.2, 0.25) is 5.91 Å². The minimum absolute atomic E-state index is 0.139. The number of rotatable bonds is 5. The van der Waals surface area contributed by atoms with Gasteiger partial charge in [-0.05, 0) is 29.8 Å². The summed E-state index contributed by atoms with van der Waals surface area (Å²) in [5.74, 6) is 0.132. The van der Waals surface area contributed by atoms with Crippen molar-refractivity contribution in [2.45, 2.75) is 4.90 Å². The highest BCUT2D eigenvalue weighted by molar-refractivity contribution is 8.00. The van der Waals surface area contributed by atoms with Gasteiger partial charge in [-0.15, -0.1) is 23.1 Å². The summed E-state index contributed by atoms with van der Waals surface area (Å²) in [4.78, 5) is 13.2. The Morgan fingerprint density at radius 2 is 1.88 bits per heavy atom. The van der Waals surface area contributed by atoms with E-state index in [9.17, 15) is 10.1 Å². The maximum absolute atomic E-state index is 12.2. The summed E-state index contributed by atoms with van der Waals surface area (Å²) in [6, 6.07) is 19.3. The van der Waals surface area contributed by atoms with E-state index in [0.717, 1.165) is 16.0 Å². The second kappa shape index (κ2) is 7.88. The first kappa shape index (κ1) is 17.1. The van der Waals surface area contributed by atoms with E-state index in [0.29, 0.717) is 16.3 Å².